The topological polar surface area (TPSA) is 82.3 Å². The molecule has 19 heavy (non-hydrogen) atoms. The van der Waals surface area contributed by atoms with Gasteiger partial charge in [-0.2, -0.15) is 9.97 Å². The van der Waals surface area contributed by atoms with Crippen LogP contribution >= 0.6 is 0 Å². The third-order valence-corrected chi connectivity index (χ3v) is 2.54. The van der Waals surface area contributed by atoms with Crippen molar-refractivity contribution in [2.24, 2.45) is 5.73 Å². The largest absolute Gasteiger partial charge is 0.481 e. The summed E-state index contributed by atoms with van der Waals surface area (Å²) in [5.41, 5.74) is 7.48. The molecule has 3 N–H and O–H groups in total. The molecular formula is C13H16N4O2. The Bertz CT molecular complexity index is 521. The van der Waals surface area contributed by atoms with Crippen LogP contribution in [0.3, 0.4) is 0 Å². The number of ether oxygens (including phenoxy) is 2. The first-order valence-electron chi connectivity index (χ1n) is 5.78. The summed E-state index contributed by atoms with van der Waals surface area (Å²) in [6, 6.07) is 9.33. The van der Waals surface area contributed by atoms with E-state index in [1.807, 2.05) is 24.3 Å². The fourth-order valence-electron chi connectivity index (χ4n) is 1.52. The highest BCUT2D eigenvalue weighted by Gasteiger charge is 2.05. The number of hydrogen-bond acceptors (Lipinski definition) is 6. The molecule has 6 nitrogen and oxygen atoms in total. The van der Waals surface area contributed by atoms with Gasteiger partial charge in [0.15, 0.2) is 0 Å². The summed E-state index contributed by atoms with van der Waals surface area (Å²) >= 11 is 0. The zero-order valence-electron chi connectivity index (χ0n) is 10.9. The maximum Gasteiger partial charge on any atom is 0.233 e. The third kappa shape index (κ3) is 3.32. The van der Waals surface area contributed by atoms with Crippen LogP contribution in [0.1, 0.15) is 5.56 Å². The van der Waals surface area contributed by atoms with E-state index in [0.717, 1.165) is 11.3 Å². The van der Waals surface area contributed by atoms with Crippen LogP contribution < -0.4 is 20.5 Å². The molecule has 0 aliphatic rings. The molecule has 100 valence electrons. The van der Waals surface area contributed by atoms with Gasteiger partial charge in [-0.25, -0.2) is 0 Å². The first kappa shape index (κ1) is 13.1. The van der Waals surface area contributed by atoms with Crippen molar-refractivity contribution < 1.29 is 9.47 Å². The molecule has 1 aromatic heterocycles. The maximum absolute atomic E-state index is 5.55. The quantitative estimate of drug-likeness (QED) is 0.851. The Morgan fingerprint density at radius 1 is 1.05 bits per heavy atom. The second kappa shape index (κ2) is 6.01. The SMILES string of the molecule is COc1cc(OC)nc(Nc2ccc(CN)cc2)n1. The maximum atomic E-state index is 5.55. The molecule has 0 atom stereocenters. The zero-order chi connectivity index (χ0) is 13.7. The average Bonchev–Trinajstić information content (AvgIpc) is 2.47. The van der Waals surface area contributed by atoms with E-state index in [9.17, 15) is 0 Å². The summed E-state index contributed by atoms with van der Waals surface area (Å²) in [6.07, 6.45) is 0. The van der Waals surface area contributed by atoms with E-state index in [1.165, 1.54) is 0 Å². The van der Waals surface area contributed by atoms with Crippen molar-refractivity contribution in [2.75, 3.05) is 19.5 Å². The number of nitrogens with two attached hydrogens (primary N) is 1. The van der Waals surface area contributed by atoms with Gasteiger partial charge in [-0.1, -0.05) is 12.1 Å². The van der Waals surface area contributed by atoms with Gasteiger partial charge in [0.05, 0.1) is 20.3 Å². The van der Waals surface area contributed by atoms with E-state index in [2.05, 4.69) is 15.3 Å². The number of nitrogens with zero attached hydrogens (tertiary/aromatic N) is 2. The second-order valence-corrected chi connectivity index (χ2v) is 3.80. The number of benzene rings is 1. The molecule has 0 fully saturated rings. The van der Waals surface area contributed by atoms with Crippen molar-refractivity contribution in [3.8, 4) is 11.8 Å². The Hall–Kier alpha value is -2.34. The molecule has 0 radical (unpaired) electrons. The van der Waals surface area contributed by atoms with Gasteiger partial charge in [0, 0.05) is 12.2 Å². The predicted molar refractivity (Wildman–Crippen MR) is 72.8 cm³/mol. The van der Waals surface area contributed by atoms with Crippen LogP contribution in [-0.4, -0.2) is 24.2 Å². The van der Waals surface area contributed by atoms with E-state index >= 15 is 0 Å². The highest BCUT2D eigenvalue weighted by molar-refractivity contribution is 5.54. The Morgan fingerprint density at radius 2 is 1.63 bits per heavy atom. The Kier molecular flexibility index (Phi) is 4.15. The van der Waals surface area contributed by atoms with Crippen LogP contribution in [0.2, 0.25) is 0 Å². The lowest BCUT2D eigenvalue weighted by atomic mass is 10.2. The summed E-state index contributed by atoms with van der Waals surface area (Å²) in [6.45, 7) is 0.518. The fourth-order valence-corrected chi connectivity index (χ4v) is 1.52. The number of nitrogens with one attached hydrogen (secondary N) is 1. The molecule has 2 rings (SSSR count). The van der Waals surface area contributed by atoms with Crippen LogP contribution in [-0.2, 0) is 6.54 Å². The van der Waals surface area contributed by atoms with Crippen molar-refractivity contribution in [2.45, 2.75) is 6.54 Å². The molecule has 6 heteroatoms. The molecule has 0 saturated heterocycles. The lowest BCUT2D eigenvalue weighted by molar-refractivity contribution is 0.373. The molecule has 0 bridgehead atoms. The van der Waals surface area contributed by atoms with E-state index in [4.69, 9.17) is 15.2 Å². The van der Waals surface area contributed by atoms with Crippen molar-refractivity contribution in [1.82, 2.24) is 9.97 Å². The van der Waals surface area contributed by atoms with Crippen molar-refractivity contribution in [1.29, 1.82) is 0 Å². The smallest absolute Gasteiger partial charge is 0.233 e. The molecule has 0 aliphatic carbocycles. The number of hydrogen-bond donors (Lipinski definition) is 2. The van der Waals surface area contributed by atoms with E-state index in [1.54, 1.807) is 20.3 Å². The number of methoxy groups -OCH3 is 2. The summed E-state index contributed by atoms with van der Waals surface area (Å²) in [4.78, 5) is 8.38. The lowest BCUT2D eigenvalue weighted by Crippen LogP contribution is -2.01. The highest BCUT2D eigenvalue weighted by Crippen LogP contribution is 2.20. The van der Waals surface area contributed by atoms with Crippen molar-refractivity contribution >= 4 is 11.6 Å². The molecule has 0 saturated carbocycles. The molecule has 0 aliphatic heterocycles. The molecular weight excluding hydrogens is 244 g/mol. The van der Waals surface area contributed by atoms with Crippen molar-refractivity contribution in [3.05, 3.63) is 35.9 Å². The standard InChI is InChI=1S/C13H16N4O2/c1-18-11-7-12(19-2)17-13(16-11)15-10-5-3-9(8-14)4-6-10/h3-7H,8,14H2,1-2H3,(H,15,16,17). The Balaban J connectivity index is 2.21. The predicted octanol–water partition coefficient (Wildman–Crippen LogP) is 1.70. The monoisotopic (exact) mass is 260 g/mol. The van der Waals surface area contributed by atoms with Crippen LogP contribution in [0.4, 0.5) is 11.6 Å². The van der Waals surface area contributed by atoms with Gasteiger partial charge in [0.2, 0.25) is 17.7 Å². The molecule has 1 heterocycles. The summed E-state index contributed by atoms with van der Waals surface area (Å²) in [5.74, 6) is 1.29. The van der Waals surface area contributed by atoms with Crippen molar-refractivity contribution in [3.63, 3.8) is 0 Å². The van der Waals surface area contributed by atoms with E-state index < -0.39 is 0 Å². The normalized spacial score (nSPS) is 10.1. The number of anilines is 2. The molecule has 0 spiro atoms. The number of aromatic nitrogens is 2. The van der Waals surface area contributed by atoms with Gasteiger partial charge in [0.25, 0.3) is 0 Å². The summed E-state index contributed by atoms with van der Waals surface area (Å²) in [7, 11) is 3.09. The van der Waals surface area contributed by atoms with Gasteiger partial charge in [0.1, 0.15) is 0 Å². The summed E-state index contributed by atoms with van der Waals surface area (Å²) in [5, 5.41) is 3.08. The third-order valence-electron chi connectivity index (χ3n) is 2.54. The van der Waals surface area contributed by atoms with E-state index in [-0.39, 0.29) is 0 Å². The van der Waals surface area contributed by atoms with Gasteiger partial charge in [-0.05, 0) is 17.7 Å². The average molecular weight is 260 g/mol. The lowest BCUT2D eigenvalue weighted by Gasteiger charge is -2.08. The number of rotatable bonds is 5. The van der Waals surface area contributed by atoms with Crippen LogP contribution in [0, 0.1) is 0 Å². The minimum atomic E-state index is 0.414. The fraction of sp³-hybridized carbons (Fsp3) is 0.231. The minimum absolute atomic E-state index is 0.414. The Labute approximate surface area is 111 Å². The van der Waals surface area contributed by atoms with Gasteiger partial charge < -0.3 is 20.5 Å². The Morgan fingerprint density at radius 3 is 2.11 bits per heavy atom. The van der Waals surface area contributed by atoms with Gasteiger partial charge in [-0.3, -0.25) is 0 Å². The second-order valence-electron chi connectivity index (χ2n) is 3.80. The van der Waals surface area contributed by atoms with Gasteiger partial charge in [-0.15, -0.1) is 0 Å². The minimum Gasteiger partial charge on any atom is -0.481 e. The van der Waals surface area contributed by atoms with Gasteiger partial charge >= 0.3 is 0 Å². The van der Waals surface area contributed by atoms with Crippen LogP contribution in [0.25, 0.3) is 0 Å². The van der Waals surface area contributed by atoms with Crippen LogP contribution in [0.5, 0.6) is 11.8 Å². The first-order chi connectivity index (χ1) is 9.25. The van der Waals surface area contributed by atoms with E-state index in [0.29, 0.717) is 24.3 Å². The molecule has 2 aromatic rings. The zero-order valence-corrected chi connectivity index (χ0v) is 10.9. The molecule has 0 unspecified atom stereocenters. The molecule has 0 amide bonds. The first-order valence-corrected chi connectivity index (χ1v) is 5.78. The van der Waals surface area contributed by atoms with Crippen LogP contribution in [0.15, 0.2) is 30.3 Å². The molecule has 1 aromatic carbocycles. The highest BCUT2D eigenvalue weighted by atomic mass is 16.5. The summed E-state index contributed by atoms with van der Waals surface area (Å²) < 4.78 is 10.2.